The summed E-state index contributed by atoms with van der Waals surface area (Å²) in [7, 11) is 0. The van der Waals surface area contributed by atoms with E-state index < -0.39 is 12.0 Å². The van der Waals surface area contributed by atoms with Crippen LogP contribution in [0.15, 0.2) is 53.0 Å². The number of carbonyl (C=O) groups excluding carboxylic acids is 3. The molecule has 2 aromatic carbocycles. The molecule has 0 aliphatic heterocycles. The SMILES string of the molecule is CC(=O)NC(CC(=O)OCC(=O)NC(C)c1ccc(Br)cc1)c1ccc(C)cc1. The molecule has 7 heteroatoms. The lowest BCUT2D eigenvalue weighted by Gasteiger charge is -2.18. The largest absolute Gasteiger partial charge is 0.456 e. The van der Waals surface area contributed by atoms with Crippen molar-refractivity contribution in [2.45, 2.75) is 39.3 Å². The van der Waals surface area contributed by atoms with Crippen LogP contribution < -0.4 is 10.6 Å². The standard InChI is InChI=1S/C22H25BrN2O4/c1-14-4-6-18(7-5-14)20(25-16(3)26)12-22(28)29-13-21(27)24-15(2)17-8-10-19(23)11-9-17/h4-11,15,20H,12-13H2,1-3H3,(H,24,27)(H,25,26). The van der Waals surface area contributed by atoms with Gasteiger partial charge in [0.1, 0.15) is 0 Å². The van der Waals surface area contributed by atoms with Gasteiger partial charge in [0.15, 0.2) is 6.61 Å². The van der Waals surface area contributed by atoms with E-state index in [2.05, 4.69) is 26.6 Å². The molecular formula is C22H25BrN2O4. The molecule has 0 heterocycles. The Morgan fingerprint density at radius 2 is 1.55 bits per heavy atom. The van der Waals surface area contributed by atoms with Crippen LogP contribution in [-0.4, -0.2) is 24.4 Å². The maximum absolute atomic E-state index is 12.2. The zero-order valence-corrected chi connectivity index (χ0v) is 18.3. The lowest BCUT2D eigenvalue weighted by atomic mass is 10.0. The third-order valence-electron chi connectivity index (χ3n) is 4.34. The van der Waals surface area contributed by atoms with E-state index in [1.165, 1.54) is 6.92 Å². The molecule has 6 nitrogen and oxygen atoms in total. The first-order valence-electron chi connectivity index (χ1n) is 9.28. The van der Waals surface area contributed by atoms with Gasteiger partial charge in [0.05, 0.1) is 18.5 Å². The van der Waals surface area contributed by atoms with E-state index in [1.54, 1.807) is 0 Å². The summed E-state index contributed by atoms with van der Waals surface area (Å²) in [6.07, 6.45) is -0.0574. The van der Waals surface area contributed by atoms with E-state index in [4.69, 9.17) is 4.74 Å². The summed E-state index contributed by atoms with van der Waals surface area (Å²) in [6.45, 7) is 4.83. The molecule has 0 saturated carbocycles. The summed E-state index contributed by atoms with van der Waals surface area (Å²) in [5, 5.41) is 5.54. The molecule has 0 bridgehead atoms. The molecule has 2 amide bonds. The fourth-order valence-corrected chi connectivity index (χ4v) is 3.05. The molecule has 2 aromatic rings. The quantitative estimate of drug-likeness (QED) is 0.587. The second-order valence-electron chi connectivity index (χ2n) is 6.87. The predicted molar refractivity (Wildman–Crippen MR) is 114 cm³/mol. The minimum atomic E-state index is -0.559. The van der Waals surface area contributed by atoms with Gasteiger partial charge in [-0.15, -0.1) is 0 Å². The van der Waals surface area contributed by atoms with Crippen LogP contribution in [0, 0.1) is 6.92 Å². The Kier molecular flexibility index (Phi) is 8.39. The molecule has 0 aliphatic carbocycles. The number of hydrogen-bond acceptors (Lipinski definition) is 4. The Morgan fingerprint density at radius 3 is 2.14 bits per heavy atom. The second-order valence-corrected chi connectivity index (χ2v) is 7.79. The highest BCUT2D eigenvalue weighted by Gasteiger charge is 2.19. The van der Waals surface area contributed by atoms with E-state index in [0.29, 0.717) is 0 Å². The molecule has 0 fully saturated rings. The van der Waals surface area contributed by atoms with E-state index >= 15 is 0 Å². The number of nitrogens with one attached hydrogen (secondary N) is 2. The van der Waals surface area contributed by atoms with Crippen LogP contribution in [0.4, 0.5) is 0 Å². The third-order valence-corrected chi connectivity index (χ3v) is 4.87. The Balaban J connectivity index is 1.87. The minimum Gasteiger partial charge on any atom is -0.456 e. The number of halogens is 1. The van der Waals surface area contributed by atoms with Crippen molar-refractivity contribution in [1.82, 2.24) is 10.6 Å². The van der Waals surface area contributed by atoms with Gasteiger partial charge >= 0.3 is 5.97 Å². The molecule has 2 rings (SSSR count). The van der Waals surface area contributed by atoms with Gasteiger partial charge in [-0.25, -0.2) is 0 Å². The smallest absolute Gasteiger partial charge is 0.308 e. The summed E-state index contributed by atoms with van der Waals surface area (Å²) < 4.78 is 6.06. The molecular weight excluding hydrogens is 436 g/mol. The third kappa shape index (κ3) is 7.69. The molecule has 2 N–H and O–H groups in total. The van der Waals surface area contributed by atoms with Crippen molar-refractivity contribution in [2.24, 2.45) is 0 Å². The Hall–Kier alpha value is -2.67. The number of aryl methyl sites for hydroxylation is 1. The molecule has 29 heavy (non-hydrogen) atoms. The zero-order valence-electron chi connectivity index (χ0n) is 16.7. The van der Waals surface area contributed by atoms with Gasteiger partial charge in [-0.1, -0.05) is 57.9 Å². The van der Waals surface area contributed by atoms with Crippen molar-refractivity contribution in [2.75, 3.05) is 6.61 Å². The van der Waals surface area contributed by atoms with E-state index in [-0.39, 0.29) is 30.9 Å². The lowest BCUT2D eigenvalue weighted by Crippen LogP contribution is -2.32. The average Bonchev–Trinajstić information content (AvgIpc) is 2.66. The second kappa shape index (κ2) is 10.8. The predicted octanol–water partition coefficient (Wildman–Crippen LogP) is 3.75. The minimum absolute atomic E-state index is 0.0574. The van der Waals surface area contributed by atoms with E-state index in [9.17, 15) is 14.4 Å². The topological polar surface area (TPSA) is 84.5 Å². The first-order chi connectivity index (χ1) is 13.7. The van der Waals surface area contributed by atoms with Crippen molar-refractivity contribution in [1.29, 1.82) is 0 Å². The average molecular weight is 461 g/mol. The van der Waals surface area contributed by atoms with Crippen LogP contribution in [0.3, 0.4) is 0 Å². The fourth-order valence-electron chi connectivity index (χ4n) is 2.79. The Morgan fingerprint density at radius 1 is 0.966 bits per heavy atom. The summed E-state index contributed by atoms with van der Waals surface area (Å²) in [4.78, 5) is 35.8. The monoisotopic (exact) mass is 460 g/mol. The number of esters is 1. The number of carbonyl (C=O) groups is 3. The van der Waals surface area contributed by atoms with Crippen molar-refractivity contribution >= 4 is 33.7 Å². The van der Waals surface area contributed by atoms with Crippen molar-refractivity contribution < 1.29 is 19.1 Å². The molecule has 154 valence electrons. The van der Waals surface area contributed by atoms with Gasteiger partial charge in [0.2, 0.25) is 5.91 Å². The van der Waals surface area contributed by atoms with Crippen molar-refractivity contribution in [3.8, 4) is 0 Å². The molecule has 0 radical (unpaired) electrons. The van der Waals surface area contributed by atoms with Gasteiger partial charge in [-0.2, -0.15) is 0 Å². The van der Waals surface area contributed by atoms with Crippen LogP contribution in [0.5, 0.6) is 0 Å². The molecule has 2 atom stereocenters. The first-order valence-corrected chi connectivity index (χ1v) is 10.1. The summed E-state index contributed by atoms with van der Waals surface area (Å²) in [5.74, 6) is -1.19. The highest BCUT2D eigenvalue weighted by atomic mass is 79.9. The van der Waals surface area contributed by atoms with Crippen LogP contribution in [0.1, 0.15) is 49.0 Å². The molecule has 0 aliphatic rings. The highest BCUT2D eigenvalue weighted by Crippen LogP contribution is 2.19. The molecule has 0 spiro atoms. The Bertz CT molecular complexity index is 850. The van der Waals surface area contributed by atoms with Crippen LogP contribution in [0.25, 0.3) is 0 Å². The summed E-state index contributed by atoms with van der Waals surface area (Å²) in [5.41, 5.74) is 2.82. The van der Waals surface area contributed by atoms with E-state index in [1.807, 2.05) is 62.4 Å². The molecule has 0 saturated heterocycles. The number of amides is 2. The fraction of sp³-hybridized carbons (Fsp3) is 0.318. The number of benzene rings is 2. The summed E-state index contributed by atoms with van der Waals surface area (Å²) >= 11 is 3.37. The Labute approximate surface area is 179 Å². The number of ether oxygens (including phenoxy) is 1. The normalized spacial score (nSPS) is 12.6. The van der Waals surface area contributed by atoms with Gasteiger partial charge in [-0.05, 0) is 37.1 Å². The van der Waals surface area contributed by atoms with Crippen LogP contribution in [0.2, 0.25) is 0 Å². The van der Waals surface area contributed by atoms with Crippen LogP contribution in [-0.2, 0) is 19.1 Å². The molecule has 0 aromatic heterocycles. The first kappa shape index (κ1) is 22.6. The van der Waals surface area contributed by atoms with E-state index in [0.717, 1.165) is 21.2 Å². The summed E-state index contributed by atoms with van der Waals surface area (Å²) in [6, 6.07) is 14.4. The molecule has 2 unspecified atom stereocenters. The van der Waals surface area contributed by atoms with Crippen LogP contribution >= 0.6 is 15.9 Å². The highest BCUT2D eigenvalue weighted by molar-refractivity contribution is 9.10. The number of rotatable bonds is 8. The number of hydrogen-bond donors (Lipinski definition) is 2. The van der Waals surface area contributed by atoms with Gasteiger partial charge in [0, 0.05) is 11.4 Å². The lowest BCUT2D eigenvalue weighted by molar-refractivity contribution is -0.149. The maximum atomic E-state index is 12.2. The van der Waals surface area contributed by atoms with Crippen molar-refractivity contribution in [3.63, 3.8) is 0 Å². The maximum Gasteiger partial charge on any atom is 0.308 e. The van der Waals surface area contributed by atoms with Crippen molar-refractivity contribution in [3.05, 3.63) is 69.7 Å². The van der Waals surface area contributed by atoms with Gasteiger partial charge in [0.25, 0.3) is 5.91 Å². The van der Waals surface area contributed by atoms with Gasteiger partial charge in [-0.3, -0.25) is 14.4 Å². The zero-order chi connectivity index (χ0) is 21.4. The van der Waals surface area contributed by atoms with Gasteiger partial charge < -0.3 is 15.4 Å².